The molecule has 0 fully saturated rings. The van der Waals surface area contributed by atoms with Gasteiger partial charge in [0.1, 0.15) is 5.82 Å². The molecule has 0 bridgehead atoms. The van der Waals surface area contributed by atoms with E-state index in [1.165, 1.54) is 17.0 Å². The van der Waals surface area contributed by atoms with Crippen LogP contribution in [0.5, 0.6) is 0 Å². The van der Waals surface area contributed by atoms with Crippen molar-refractivity contribution >= 4 is 17.6 Å². The highest BCUT2D eigenvalue weighted by Gasteiger charge is 2.06. The van der Waals surface area contributed by atoms with Gasteiger partial charge in [0.15, 0.2) is 0 Å². The van der Waals surface area contributed by atoms with Crippen molar-refractivity contribution in [1.82, 2.24) is 4.90 Å². The number of hydrogen-bond donors (Lipinski definition) is 1. The number of rotatable bonds is 3. The Hall–Kier alpha value is -1.29. The number of likely N-dealkylation sites (N-methyl/N-ethyl adjacent to an activating group) is 1. The van der Waals surface area contributed by atoms with Gasteiger partial charge in [0.2, 0.25) is 0 Å². The first-order valence-electron chi connectivity index (χ1n) is 4.45. The van der Waals surface area contributed by atoms with E-state index < -0.39 is 6.03 Å². The summed E-state index contributed by atoms with van der Waals surface area (Å²) >= 11 is 5.72. The Morgan fingerprint density at radius 3 is 2.87 bits per heavy atom. The molecule has 0 heterocycles. The number of nitrogens with two attached hydrogens (primary N) is 1. The maximum Gasteiger partial charge on any atom is 0.314 e. The van der Waals surface area contributed by atoms with E-state index >= 15 is 0 Å². The Morgan fingerprint density at radius 1 is 1.60 bits per heavy atom. The van der Waals surface area contributed by atoms with E-state index in [1.54, 1.807) is 13.1 Å². The molecular formula is C10H12ClFN2O. The quantitative estimate of drug-likeness (QED) is 0.849. The van der Waals surface area contributed by atoms with Crippen LogP contribution in [-0.4, -0.2) is 24.5 Å². The monoisotopic (exact) mass is 230 g/mol. The van der Waals surface area contributed by atoms with E-state index in [1.807, 2.05) is 0 Å². The molecular weight excluding hydrogens is 219 g/mol. The van der Waals surface area contributed by atoms with Crippen LogP contribution in [0.4, 0.5) is 9.18 Å². The van der Waals surface area contributed by atoms with Gasteiger partial charge in [0.05, 0.1) is 0 Å². The highest BCUT2D eigenvalue weighted by molar-refractivity contribution is 6.30. The molecule has 0 unspecified atom stereocenters. The number of halogens is 2. The van der Waals surface area contributed by atoms with Gasteiger partial charge in [-0.25, -0.2) is 9.18 Å². The summed E-state index contributed by atoms with van der Waals surface area (Å²) in [6.45, 7) is 0.368. The third-order valence-electron chi connectivity index (χ3n) is 2.10. The lowest BCUT2D eigenvalue weighted by molar-refractivity contribution is 0.219. The molecule has 1 aromatic carbocycles. The van der Waals surface area contributed by atoms with Crippen molar-refractivity contribution in [2.24, 2.45) is 5.73 Å². The lowest BCUT2D eigenvalue weighted by Crippen LogP contribution is -2.33. The van der Waals surface area contributed by atoms with Gasteiger partial charge in [-0.1, -0.05) is 11.6 Å². The number of primary amides is 1. The normalized spacial score (nSPS) is 10.1. The van der Waals surface area contributed by atoms with Crippen LogP contribution in [0.25, 0.3) is 0 Å². The summed E-state index contributed by atoms with van der Waals surface area (Å²) in [5.74, 6) is -0.322. The standard InChI is InChI=1S/C10H12ClFN2O/c1-14(10(13)15)5-4-7-6-8(11)2-3-9(7)12/h2-3,6H,4-5H2,1H3,(H2,13,15). The second-order valence-electron chi connectivity index (χ2n) is 3.25. The summed E-state index contributed by atoms with van der Waals surface area (Å²) in [6, 6.07) is 3.81. The van der Waals surface area contributed by atoms with Crippen LogP contribution in [0.1, 0.15) is 5.56 Å². The Labute approximate surface area is 92.6 Å². The SMILES string of the molecule is CN(CCc1cc(Cl)ccc1F)C(N)=O. The second kappa shape index (κ2) is 4.98. The van der Waals surface area contributed by atoms with Gasteiger partial charge in [-0.2, -0.15) is 0 Å². The third kappa shape index (κ3) is 3.40. The van der Waals surface area contributed by atoms with Crippen LogP contribution in [0.15, 0.2) is 18.2 Å². The van der Waals surface area contributed by atoms with E-state index in [4.69, 9.17) is 17.3 Å². The average molecular weight is 231 g/mol. The van der Waals surface area contributed by atoms with Gasteiger partial charge in [-0.15, -0.1) is 0 Å². The maximum atomic E-state index is 13.2. The van der Waals surface area contributed by atoms with Crippen LogP contribution in [0.2, 0.25) is 5.02 Å². The first-order chi connectivity index (χ1) is 7.00. The molecule has 0 aromatic heterocycles. The summed E-state index contributed by atoms with van der Waals surface area (Å²) in [5, 5.41) is 0.480. The molecule has 82 valence electrons. The van der Waals surface area contributed by atoms with E-state index in [0.29, 0.717) is 23.6 Å². The van der Waals surface area contributed by atoms with Crippen LogP contribution in [0.3, 0.4) is 0 Å². The molecule has 0 radical (unpaired) electrons. The molecule has 2 amide bonds. The molecule has 5 heteroatoms. The van der Waals surface area contributed by atoms with Crippen molar-refractivity contribution in [3.8, 4) is 0 Å². The predicted molar refractivity (Wildman–Crippen MR) is 57.3 cm³/mol. The average Bonchev–Trinajstić information content (AvgIpc) is 2.18. The van der Waals surface area contributed by atoms with Crippen LogP contribution in [-0.2, 0) is 6.42 Å². The largest absolute Gasteiger partial charge is 0.351 e. The molecule has 0 saturated heterocycles. The summed E-state index contributed by atoms with van der Waals surface area (Å²) in [4.78, 5) is 12.0. The van der Waals surface area contributed by atoms with E-state index in [-0.39, 0.29) is 5.82 Å². The van der Waals surface area contributed by atoms with Crippen LogP contribution < -0.4 is 5.73 Å². The lowest BCUT2D eigenvalue weighted by Gasteiger charge is -2.14. The third-order valence-corrected chi connectivity index (χ3v) is 2.34. The van der Waals surface area contributed by atoms with Gasteiger partial charge in [-0.3, -0.25) is 0 Å². The number of urea groups is 1. The summed E-state index contributed by atoms with van der Waals surface area (Å²) in [5.41, 5.74) is 5.52. The number of benzene rings is 1. The van der Waals surface area contributed by atoms with Crippen molar-refractivity contribution in [3.05, 3.63) is 34.6 Å². The Kier molecular flexibility index (Phi) is 3.91. The van der Waals surface area contributed by atoms with E-state index in [9.17, 15) is 9.18 Å². The Morgan fingerprint density at radius 2 is 2.27 bits per heavy atom. The molecule has 0 aliphatic carbocycles. The highest BCUT2D eigenvalue weighted by atomic mass is 35.5. The van der Waals surface area contributed by atoms with Crippen molar-refractivity contribution < 1.29 is 9.18 Å². The predicted octanol–water partition coefficient (Wildman–Crippen LogP) is 2.03. The molecule has 0 atom stereocenters. The van der Waals surface area contributed by atoms with Gasteiger partial charge >= 0.3 is 6.03 Å². The minimum absolute atomic E-state index is 0.322. The fourth-order valence-electron chi connectivity index (χ4n) is 1.13. The number of amides is 2. The van der Waals surface area contributed by atoms with Gasteiger partial charge in [0, 0.05) is 18.6 Å². The Balaban J connectivity index is 2.65. The minimum atomic E-state index is -0.530. The second-order valence-corrected chi connectivity index (χ2v) is 3.68. The number of nitrogens with zero attached hydrogens (tertiary/aromatic N) is 1. The van der Waals surface area contributed by atoms with Crippen molar-refractivity contribution in [3.63, 3.8) is 0 Å². The zero-order valence-electron chi connectivity index (χ0n) is 8.34. The van der Waals surface area contributed by atoms with Crippen molar-refractivity contribution in [1.29, 1.82) is 0 Å². The van der Waals surface area contributed by atoms with E-state index in [0.717, 1.165) is 0 Å². The van der Waals surface area contributed by atoms with Crippen LogP contribution >= 0.6 is 11.6 Å². The first kappa shape index (κ1) is 11.8. The minimum Gasteiger partial charge on any atom is -0.351 e. The molecule has 1 rings (SSSR count). The smallest absolute Gasteiger partial charge is 0.314 e. The molecule has 15 heavy (non-hydrogen) atoms. The molecule has 1 aromatic rings. The highest BCUT2D eigenvalue weighted by Crippen LogP contribution is 2.15. The summed E-state index contributed by atoms with van der Waals surface area (Å²) in [6.07, 6.45) is 0.395. The zero-order valence-corrected chi connectivity index (χ0v) is 9.09. The number of carbonyl (C=O) groups is 1. The summed E-state index contributed by atoms with van der Waals surface area (Å²) in [7, 11) is 1.56. The van der Waals surface area contributed by atoms with Crippen LogP contribution in [0, 0.1) is 5.82 Å². The first-order valence-corrected chi connectivity index (χ1v) is 4.83. The Bertz CT molecular complexity index is 370. The molecule has 2 N–H and O–H groups in total. The topological polar surface area (TPSA) is 46.3 Å². The molecule has 3 nitrogen and oxygen atoms in total. The molecule has 0 aliphatic rings. The fraction of sp³-hybridized carbons (Fsp3) is 0.300. The maximum absolute atomic E-state index is 13.2. The molecule has 0 saturated carbocycles. The van der Waals surface area contributed by atoms with Gasteiger partial charge in [0.25, 0.3) is 0 Å². The molecule has 0 spiro atoms. The summed E-state index contributed by atoms with van der Waals surface area (Å²) < 4.78 is 13.2. The fourth-order valence-corrected chi connectivity index (χ4v) is 1.33. The van der Waals surface area contributed by atoms with Crippen molar-refractivity contribution in [2.45, 2.75) is 6.42 Å². The lowest BCUT2D eigenvalue weighted by atomic mass is 10.1. The van der Waals surface area contributed by atoms with Gasteiger partial charge < -0.3 is 10.6 Å². The van der Waals surface area contributed by atoms with E-state index in [2.05, 4.69) is 0 Å². The zero-order chi connectivity index (χ0) is 11.4. The van der Waals surface area contributed by atoms with Gasteiger partial charge in [-0.05, 0) is 30.2 Å². The van der Waals surface area contributed by atoms with Crippen molar-refractivity contribution in [2.75, 3.05) is 13.6 Å². The molecule has 0 aliphatic heterocycles. The number of hydrogen-bond acceptors (Lipinski definition) is 1. The number of carbonyl (C=O) groups excluding carboxylic acids is 1.